The zero-order valence-corrected chi connectivity index (χ0v) is 11.6. The Morgan fingerprint density at radius 2 is 2.14 bits per heavy atom. The maximum atomic E-state index is 11.0. The van der Waals surface area contributed by atoms with E-state index in [4.69, 9.17) is 5.11 Å². The Hall–Kier alpha value is -2.17. The molecule has 1 heterocycles. The van der Waals surface area contributed by atoms with E-state index in [1.807, 2.05) is 0 Å². The highest BCUT2D eigenvalue weighted by atomic mass is 16.4. The first-order valence-corrected chi connectivity index (χ1v) is 7.45. The predicted octanol–water partition coefficient (Wildman–Crippen LogP) is 2.93. The summed E-state index contributed by atoms with van der Waals surface area (Å²) < 4.78 is 0. The molecule has 108 valence electrons. The lowest BCUT2D eigenvalue weighted by Gasteiger charge is -2.23. The van der Waals surface area contributed by atoms with Crippen LogP contribution in [0.1, 0.15) is 36.0 Å². The lowest BCUT2D eigenvalue weighted by molar-refractivity contribution is 0.0697. The van der Waals surface area contributed by atoms with E-state index in [9.17, 15) is 4.79 Å². The van der Waals surface area contributed by atoms with Crippen LogP contribution in [-0.2, 0) is 0 Å². The zero-order chi connectivity index (χ0) is 14.4. The lowest BCUT2D eigenvalue weighted by atomic mass is 9.95. The minimum absolute atomic E-state index is 0.257. The third-order valence-electron chi connectivity index (χ3n) is 4.94. The fraction of sp³-hybridized carbons (Fsp3) is 0.438. The number of hydrogen-bond acceptors (Lipinski definition) is 4. The molecule has 2 N–H and O–H groups in total. The summed E-state index contributed by atoms with van der Waals surface area (Å²) in [4.78, 5) is 19.6. The van der Waals surface area contributed by atoms with Gasteiger partial charge in [0.1, 0.15) is 12.1 Å². The molecule has 0 amide bonds. The van der Waals surface area contributed by atoms with Gasteiger partial charge in [0.25, 0.3) is 0 Å². The van der Waals surface area contributed by atoms with Gasteiger partial charge in [0, 0.05) is 11.4 Å². The van der Waals surface area contributed by atoms with Crippen molar-refractivity contribution in [3.05, 3.63) is 30.1 Å². The van der Waals surface area contributed by atoms with Gasteiger partial charge < -0.3 is 10.4 Å². The first-order chi connectivity index (χ1) is 10.2. The molecule has 4 rings (SSSR count). The number of hydrogen-bond donors (Lipinski definition) is 2. The third kappa shape index (κ3) is 2.13. The first-order valence-electron chi connectivity index (χ1n) is 7.45. The summed E-state index contributed by atoms with van der Waals surface area (Å²) >= 11 is 0. The van der Waals surface area contributed by atoms with Crippen molar-refractivity contribution >= 4 is 22.7 Å². The van der Waals surface area contributed by atoms with Crippen molar-refractivity contribution in [1.29, 1.82) is 0 Å². The summed E-state index contributed by atoms with van der Waals surface area (Å²) in [7, 11) is 0. The van der Waals surface area contributed by atoms with Crippen LogP contribution in [0.5, 0.6) is 0 Å². The minimum atomic E-state index is -0.932. The number of aromatic carboxylic acids is 1. The Bertz CT molecular complexity index is 716. The average molecular weight is 283 g/mol. The van der Waals surface area contributed by atoms with E-state index in [1.54, 1.807) is 18.2 Å². The van der Waals surface area contributed by atoms with E-state index < -0.39 is 5.97 Å². The van der Waals surface area contributed by atoms with E-state index in [1.165, 1.54) is 32.0 Å². The van der Waals surface area contributed by atoms with Gasteiger partial charge in [0.2, 0.25) is 0 Å². The molecule has 0 aliphatic heterocycles. The average Bonchev–Trinajstić information content (AvgIpc) is 3.09. The van der Waals surface area contributed by atoms with Gasteiger partial charge in [-0.25, -0.2) is 14.8 Å². The molecular formula is C16H17N3O2. The molecule has 2 aliphatic rings. The number of aromatic nitrogens is 2. The molecule has 2 aromatic rings. The standard InChI is InChI=1S/C16H17N3O2/c20-16(21)11-3-4-12-14(7-11)17-8-18-15(12)19-13-6-9-1-2-10(13)5-9/h3-4,7-10,13H,1-2,5-6H2,(H,20,21)(H,17,18,19). The molecule has 0 radical (unpaired) electrons. The second-order valence-corrected chi connectivity index (χ2v) is 6.19. The molecule has 5 nitrogen and oxygen atoms in total. The molecule has 0 saturated heterocycles. The van der Waals surface area contributed by atoms with Gasteiger partial charge in [0.05, 0.1) is 11.1 Å². The predicted molar refractivity (Wildman–Crippen MR) is 79.4 cm³/mol. The van der Waals surface area contributed by atoms with Crippen LogP contribution in [0.25, 0.3) is 10.9 Å². The highest BCUT2D eigenvalue weighted by molar-refractivity contribution is 5.96. The quantitative estimate of drug-likeness (QED) is 0.905. The van der Waals surface area contributed by atoms with E-state index in [-0.39, 0.29) is 5.56 Å². The monoisotopic (exact) mass is 283 g/mol. The number of anilines is 1. The summed E-state index contributed by atoms with van der Waals surface area (Å²) in [6.45, 7) is 0. The van der Waals surface area contributed by atoms with Crippen LogP contribution in [0.4, 0.5) is 5.82 Å². The van der Waals surface area contributed by atoms with Gasteiger partial charge in [0.15, 0.2) is 0 Å². The smallest absolute Gasteiger partial charge is 0.335 e. The summed E-state index contributed by atoms with van der Waals surface area (Å²) in [5.74, 6) is 1.53. The van der Waals surface area contributed by atoms with E-state index >= 15 is 0 Å². The van der Waals surface area contributed by atoms with Crippen molar-refractivity contribution < 1.29 is 9.90 Å². The molecule has 1 aromatic heterocycles. The van der Waals surface area contributed by atoms with Crippen LogP contribution < -0.4 is 5.32 Å². The van der Waals surface area contributed by atoms with E-state index in [0.717, 1.165) is 23.0 Å². The highest BCUT2D eigenvalue weighted by Crippen LogP contribution is 2.45. The van der Waals surface area contributed by atoms with Crippen molar-refractivity contribution in [3.8, 4) is 0 Å². The first kappa shape index (κ1) is 12.6. The van der Waals surface area contributed by atoms with Gasteiger partial charge in [-0.3, -0.25) is 0 Å². The van der Waals surface area contributed by atoms with Crippen LogP contribution in [0, 0.1) is 11.8 Å². The van der Waals surface area contributed by atoms with Crippen molar-refractivity contribution in [1.82, 2.24) is 9.97 Å². The van der Waals surface area contributed by atoms with Gasteiger partial charge in [-0.15, -0.1) is 0 Å². The largest absolute Gasteiger partial charge is 0.478 e. The Morgan fingerprint density at radius 1 is 1.24 bits per heavy atom. The van der Waals surface area contributed by atoms with Crippen LogP contribution in [0.2, 0.25) is 0 Å². The Labute approximate surface area is 122 Å². The second-order valence-electron chi connectivity index (χ2n) is 6.19. The fourth-order valence-electron chi connectivity index (χ4n) is 3.90. The SMILES string of the molecule is O=C(O)c1ccc2c(NC3CC4CCC3C4)ncnc2c1. The Kier molecular flexibility index (Phi) is 2.80. The molecule has 2 saturated carbocycles. The number of nitrogens with zero attached hydrogens (tertiary/aromatic N) is 2. The molecule has 3 unspecified atom stereocenters. The van der Waals surface area contributed by atoms with Crippen molar-refractivity contribution in [3.63, 3.8) is 0 Å². The number of nitrogens with one attached hydrogen (secondary N) is 1. The Morgan fingerprint density at radius 3 is 2.86 bits per heavy atom. The lowest BCUT2D eigenvalue weighted by Crippen LogP contribution is -2.26. The molecule has 2 aliphatic carbocycles. The molecule has 2 bridgehead atoms. The molecule has 21 heavy (non-hydrogen) atoms. The minimum Gasteiger partial charge on any atom is -0.478 e. The topological polar surface area (TPSA) is 75.1 Å². The molecule has 3 atom stereocenters. The van der Waals surface area contributed by atoms with Gasteiger partial charge in [-0.2, -0.15) is 0 Å². The summed E-state index contributed by atoms with van der Waals surface area (Å²) in [5, 5.41) is 13.5. The normalized spacial score (nSPS) is 27.1. The highest BCUT2D eigenvalue weighted by Gasteiger charge is 2.39. The van der Waals surface area contributed by atoms with Gasteiger partial charge in [-0.1, -0.05) is 6.42 Å². The maximum absolute atomic E-state index is 11.0. The zero-order valence-electron chi connectivity index (χ0n) is 11.6. The molecule has 1 aromatic carbocycles. The van der Waals surface area contributed by atoms with Gasteiger partial charge in [-0.05, 0) is 49.3 Å². The third-order valence-corrected chi connectivity index (χ3v) is 4.94. The number of carboxylic acids is 1. The molecular weight excluding hydrogens is 266 g/mol. The van der Waals surface area contributed by atoms with E-state index in [2.05, 4.69) is 15.3 Å². The molecule has 5 heteroatoms. The molecule has 0 spiro atoms. The van der Waals surface area contributed by atoms with Crippen LogP contribution in [0.15, 0.2) is 24.5 Å². The number of fused-ring (bicyclic) bond motifs is 3. The van der Waals surface area contributed by atoms with Crippen LogP contribution in [-0.4, -0.2) is 27.1 Å². The number of carbonyl (C=O) groups is 1. The summed E-state index contributed by atoms with van der Waals surface area (Å²) in [6, 6.07) is 5.51. The van der Waals surface area contributed by atoms with Gasteiger partial charge >= 0.3 is 5.97 Å². The van der Waals surface area contributed by atoms with Crippen LogP contribution >= 0.6 is 0 Å². The number of rotatable bonds is 3. The Balaban J connectivity index is 1.67. The van der Waals surface area contributed by atoms with E-state index in [0.29, 0.717) is 11.6 Å². The summed E-state index contributed by atoms with van der Waals surface area (Å²) in [5.41, 5.74) is 0.933. The second kappa shape index (κ2) is 4.69. The number of carboxylic acid groups (broad SMARTS) is 1. The van der Waals surface area contributed by atoms with Crippen molar-refractivity contribution in [2.75, 3.05) is 5.32 Å². The summed E-state index contributed by atoms with van der Waals surface area (Å²) in [6.07, 6.45) is 6.75. The number of benzene rings is 1. The molecule has 2 fully saturated rings. The fourth-order valence-corrected chi connectivity index (χ4v) is 3.90. The van der Waals surface area contributed by atoms with Crippen molar-refractivity contribution in [2.24, 2.45) is 11.8 Å². The van der Waals surface area contributed by atoms with Crippen molar-refractivity contribution in [2.45, 2.75) is 31.7 Å². The maximum Gasteiger partial charge on any atom is 0.335 e. The van der Waals surface area contributed by atoms with Crippen LogP contribution in [0.3, 0.4) is 0 Å².